The number of nitrogens with zero attached hydrogens (tertiary/aromatic N) is 3. The van der Waals surface area contributed by atoms with Crippen LogP contribution in [0, 0.1) is 18.8 Å². The lowest BCUT2D eigenvalue weighted by Crippen LogP contribution is -2.00. The normalized spacial score (nSPS) is 10.0. The van der Waals surface area contributed by atoms with Gasteiger partial charge in [-0.15, -0.1) is 22.7 Å². The van der Waals surface area contributed by atoms with E-state index in [1.807, 2.05) is 30.6 Å². The van der Waals surface area contributed by atoms with Crippen LogP contribution in [0.25, 0.3) is 11.4 Å². The molecule has 4 nitrogen and oxygen atoms in total. The Bertz CT molecular complexity index is 631. The first-order valence-corrected chi connectivity index (χ1v) is 6.87. The van der Waals surface area contributed by atoms with Crippen LogP contribution < -0.4 is 0 Å². The summed E-state index contributed by atoms with van der Waals surface area (Å²) in [6.45, 7) is 8.19. The fourth-order valence-electron chi connectivity index (χ4n) is 1.68. The van der Waals surface area contributed by atoms with Crippen LogP contribution in [-0.2, 0) is 6.54 Å². The zero-order valence-corrected chi connectivity index (χ0v) is 11.8. The molecule has 19 heavy (non-hydrogen) atoms. The quantitative estimate of drug-likeness (QED) is 0.477. The molecule has 0 N–H and O–H groups in total. The van der Waals surface area contributed by atoms with Crippen LogP contribution in [0.15, 0.2) is 34.6 Å². The molecule has 0 radical (unpaired) electrons. The number of furan rings is 1. The van der Waals surface area contributed by atoms with Gasteiger partial charge in [0.05, 0.1) is 17.6 Å². The predicted molar refractivity (Wildman–Crippen MR) is 76.8 cm³/mol. The lowest BCUT2D eigenvalue weighted by molar-refractivity contribution is 0.534. The Morgan fingerprint density at radius 2 is 2.37 bits per heavy atom. The third-order valence-electron chi connectivity index (χ3n) is 2.58. The maximum Gasteiger partial charge on any atom is 0.192 e. The fraction of sp³-hybridized carbons (Fsp3) is 0.286. The van der Waals surface area contributed by atoms with E-state index in [1.165, 1.54) is 0 Å². The van der Waals surface area contributed by atoms with Gasteiger partial charge in [-0.2, -0.15) is 0 Å². The Balaban J connectivity index is 2.36. The summed E-state index contributed by atoms with van der Waals surface area (Å²) in [5, 5.41) is 9.32. The SMILES string of the molecule is C=CCn1c(SCC#CC)nnc1-c1ccoc1C. The zero-order chi connectivity index (χ0) is 13.7. The number of thioether (sulfide) groups is 1. The summed E-state index contributed by atoms with van der Waals surface area (Å²) in [6.07, 6.45) is 3.49. The third kappa shape index (κ3) is 2.91. The average molecular weight is 273 g/mol. The molecule has 0 aliphatic heterocycles. The molecule has 0 aliphatic rings. The molecule has 0 saturated carbocycles. The summed E-state index contributed by atoms with van der Waals surface area (Å²) in [7, 11) is 0. The second-order valence-corrected chi connectivity index (χ2v) is 4.75. The van der Waals surface area contributed by atoms with Crippen molar-refractivity contribution in [2.24, 2.45) is 0 Å². The molecule has 0 aliphatic carbocycles. The van der Waals surface area contributed by atoms with Gasteiger partial charge in [0, 0.05) is 6.54 Å². The second kappa shape index (κ2) is 6.30. The van der Waals surface area contributed by atoms with E-state index in [2.05, 4.69) is 28.6 Å². The number of hydrogen-bond donors (Lipinski definition) is 0. The van der Waals surface area contributed by atoms with Crippen LogP contribution >= 0.6 is 11.8 Å². The summed E-state index contributed by atoms with van der Waals surface area (Å²) in [5.41, 5.74) is 0.961. The van der Waals surface area contributed by atoms with E-state index in [9.17, 15) is 0 Å². The molecule has 2 rings (SSSR count). The maximum absolute atomic E-state index is 5.32. The number of allylic oxidation sites excluding steroid dienone is 1. The monoisotopic (exact) mass is 273 g/mol. The van der Waals surface area contributed by atoms with Crippen molar-refractivity contribution in [2.75, 3.05) is 5.75 Å². The number of hydrogen-bond acceptors (Lipinski definition) is 4. The molecule has 98 valence electrons. The molecule has 2 heterocycles. The van der Waals surface area contributed by atoms with Gasteiger partial charge in [-0.05, 0) is 19.9 Å². The van der Waals surface area contributed by atoms with Gasteiger partial charge < -0.3 is 4.42 Å². The number of aryl methyl sites for hydroxylation is 1. The van der Waals surface area contributed by atoms with Crippen molar-refractivity contribution in [3.05, 3.63) is 30.7 Å². The van der Waals surface area contributed by atoms with Crippen LogP contribution in [0.2, 0.25) is 0 Å². The smallest absolute Gasteiger partial charge is 0.192 e. The molecule has 0 bridgehead atoms. The molecule has 2 aromatic heterocycles. The molecule has 0 aromatic carbocycles. The highest BCUT2D eigenvalue weighted by Crippen LogP contribution is 2.26. The van der Waals surface area contributed by atoms with E-state index in [0.717, 1.165) is 22.3 Å². The van der Waals surface area contributed by atoms with E-state index in [1.54, 1.807) is 18.0 Å². The van der Waals surface area contributed by atoms with Gasteiger partial charge in [-0.1, -0.05) is 23.8 Å². The van der Waals surface area contributed by atoms with E-state index >= 15 is 0 Å². The first-order valence-electron chi connectivity index (χ1n) is 5.89. The van der Waals surface area contributed by atoms with Gasteiger partial charge >= 0.3 is 0 Å². The highest BCUT2D eigenvalue weighted by atomic mass is 32.2. The first kappa shape index (κ1) is 13.5. The third-order valence-corrected chi connectivity index (χ3v) is 3.43. The van der Waals surface area contributed by atoms with Gasteiger partial charge in [-0.3, -0.25) is 4.57 Å². The summed E-state index contributed by atoms with van der Waals surface area (Å²) in [5.74, 6) is 8.22. The largest absolute Gasteiger partial charge is 0.469 e. The van der Waals surface area contributed by atoms with Gasteiger partial charge in [0.15, 0.2) is 11.0 Å². The van der Waals surface area contributed by atoms with Gasteiger partial charge in [0.2, 0.25) is 0 Å². The first-order chi connectivity index (χ1) is 9.27. The second-order valence-electron chi connectivity index (χ2n) is 3.81. The number of aromatic nitrogens is 3. The Morgan fingerprint density at radius 1 is 1.53 bits per heavy atom. The van der Waals surface area contributed by atoms with E-state index in [-0.39, 0.29) is 0 Å². The molecule has 0 saturated heterocycles. The van der Waals surface area contributed by atoms with Crippen molar-refractivity contribution >= 4 is 11.8 Å². The number of rotatable bonds is 5. The minimum Gasteiger partial charge on any atom is -0.469 e. The maximum atomic E-state index is 5.32. The van der Waals surface area contributed by atoms with Crippen molar-refractivity contribution in [1.82, 2.24) is 14.8 Å². The molecular formula is C14H15N3OS. The van der Waals surface area contributed by atoms with Gasteiger partial charge in [0.25, 0.3) is 0 Å². The molecule has 0 amide bonds. The van der Waals surface area contributed by atoms with Gasteiger partial charge in [-0.25, -0.2) is 0 Å². The topological polar surface area (TPSA) is 43.9 Å². The lowest BCUT2D eigenvalue weighted by Gasteiger charge is -2.05. The minimum atomic E-state index is 0.662. The summed E-state index contributed by atoms with van der Waals surface area (Å²) >= 11 is 1.57. The molecular weight excluding hydrogens is 258 g/mol. The lowest BCUT2D eigenvalue weighted by atomic mass is 10.2. The van der Waals surface area contributed by atoms with E-state index in [0.29, 0.717) is 12.3 Å². The molecule has 0 atom stereocenters. The van der Waals surface area contributed by atoms with E-state index in [4.69, 9.17) is 4.42 Å². The fourth-order valence-corrected chi connectivity index (χ4v) is 2.44. The van der Waals surface area contributed by atoms with Crippen molar-refractivity contribution in [3.63, 3.8) is 0 Å². The summed E-state index contributed by atoms with van der Waals surface area (Å²) in [6, 6.07) is 1.90. The van der Waals surface area contributed by atoms with Crippen molar-refractivity contribution in [2.45, 2.75) is 25.5 Å². The highest BCUT2D eigenvalue weighted by Gasteiger charge is 2.16. The summed E-state index contributed by atoms with van der Waals surface area (Å²) < 4.78 is 7.34. The zero-order valence-electron chi connectivity index (χ0n) is 11.0. The van der Waals surface area contributed by atoms with Crippen molar-refractivity contribution in [1.29, 1.82) is 0 Å². The molecule has 5 heteroatoms. The molecule has 2 aromatic rings. The van der Waals surface area contributed by atoms with Crippen molar-refractivity contribution in [3.8, 4) is 23.2 Å². The predicted octanol–water partition coefficient (Wildman–Crippen LogP) is 3.15. The van der Waals surface area contributed by atoms with Crippen LogP contribution in [-0.4, -0.2) is 20.5 Å². The Hall–Kier alpha value is -1.93. The Morgan fingerprint density at radius 3 is 3.00 bits per heavy atom. The highest BCUT2D eigenvalue weighted by molar-refractivity contribution is 7.99. The van der Waals surface area contributed by atoms with Crippen LogP contribution in [0.4, 0.5) is 0 Å². The standard InChI is InChI=1S/C14H15N3OS/c1-4-6-10-19-14-16-15-13(17(14)8-5-2)12-7-9-18-11(12)3/h5,7,9H,2,8,10H2,1,3H3. The average Bonchev–Trinajstić information content (AvgIpc) is 2.97. The Labute approximate surface area is 116 Å². The molecule has 0 spiro atoms. The van der Waals surface area contributed by atoms with Gasteiger partial charge in [0.1, 0.15) is 5.76 Å². The van der Waals surface area contributed by atoms with Crippen LogP contribution in [0.3, 0.4) is 0 Å². The molecule has 0 unspecified atom stereocenters. The minimum absolute atomic E-state index is 0.662. The Kier molecular flexibility index (Phi) is 4.48. The van der Waals surface area contributed by atoms with Crippen molar-refractivity contribution < 1.29 is 4.42 Å². The summed E-state index contributed by atoms with van der Waals surface area (Å²) in [4.78, 5) is 0. The van der Waals surface area contributed by atoms with Crippen LogP contribution in [0.5, 0.6) is 0 Å². The molecule has 0 fully saturated rings. The van der Waals surface area contributed by atoms with Crippen LogP contribution in [0.1, 0.15) is 12.7 Å². The van der Waals surface area contributed by atoms with E-state index < -0.39 is 0 Å².